The fraction of sp³-hybridized carbons (Fsp3) is 0.250. The number of benzene rings is 3. The Morgan fingerprint density at radius 1 is 1.07 bits per heavy atom. The highest BCUT2D eigenvalue weighted by Gasteiger charge is 2.20. The number of hydrogen-bond donors (Lipinski definition) is 1. The van der Waals surface area contributed by atoms with Crippen molar-refractivity contribution < 1.29 is 27.0 Å². The van der Waals surface area contributed by atoms with Crippen LogP contribution in [0, 0.1) is 11.7 Å². The van der Waals surface area contributed by atoms with Gasteiger partial charge in [0, 0.05) is 34.5 Å². The highest BCUT2D eigenvalue weighted by molar-refractivity contribution is 9.10. The lowest BCUT2D eigenvalue weighted by molar-refractivity contribution is 0.209. The van der Waals surface area contributed by atoms with Gasteiger partial charge in [-0.3, -0.25) is 0 Å². The number of methoxy groups -OCH3 is 1. The van der Waals surface area contributed by atoms with Crippen LogP contribution in [0.5, 0.6) is 11.5 Å². The smallest absolute Gasteiger partial charge is 0.240 e. The van der Waals surface area contributed by atoms with Gasteiger partial charge < -0.3 is 19.5 Å². The Morgan fingerprint density at radius 3 is 2.60 bits per heavy atom. The third-order valence-corrected chi connectivity index (χ3v) is 8.91. The van der Waals surface area contributed by atoms with E-state index >= 15 is 0 Å². The predicted octanol–water partition coefficient (Wildman–Crippen LogP) is 8.12. The Balaban J connectivity index is 1.39. The summed E-state index contributed by atoms with van der Waals surface area (Å²) in [5.74, 6) is 1.57. The molecule has 0 aliphatic rings. The Bertz CT molecular complexity index is 1980. The minimum absolute atomic E-state index is 0.0169. The molecule has 1 N–H and O–H groups in total. The summed E-state index contributed by atoms with van der Waals surface area (Å²) in [7, 11) is -0.863. The molecule has 0 saturated carbocycles. The van der Waals surface area contributed by atoms with Crippen molar-refractivity contribution in [3.63, 3.8) is 0 Å². The first-order chi connectivity index (χ1) is 21.6. The SMILES string of the molecule is COc1cc2ncnc(Nc3ccc(OCc4cccc(F)c4)c(Br)c3)c2cc1-c1csc(C(C)OC(CC(C)C)=S(=O)=O)n1. The van der Waals surface area contributed by atoms with Gasteiger partial charge in [0.2, 0.25) is 10.3 Å². The highest BCUT2D eigenvalue weighted by atomic mass is 79.9. The van der Waals surface area contributed by atoms with Crippen LogP contribution in [-0.2, 0) is 21.6 Å². The van der Waals surface area contributed by atoms with Crippen molar-refractivity contribution in [3.8, 4) is 22.8 Å². The van der Waals surface area contributed by atoms with E-state index in [0.717, 1.165) is 22.2 Å². The van der Waals surface area contributed by atoms with Gasteiger partial charge in [0.05, 0.1) is 22.8 Å². The van der Waals surface area contributed by atoms with Crippen LogP contribution in [0.15, 0.2) is 70.8 Å². The normalized spacial score (nSPS) is 11.9. The zero-order valence-electron chi connectivity index (χ0n) is 24.9. The summed E-state index contributed by atoms with van der Waals surface area (Å²) in [5, 5.41) is 6.63. The predicted molar refractivity (Wildman–Crippen MR) is 178 cm³/mol. The summed E-state index contributed by atoms with van der Waals surface area (Å²) in [6.07, 6.45) is 1.23. The van der Waals surface area contributed by atoms with E-state index in [0.29, 0.717) is 44.4 Å². The van der Waals surface area contributed by atoms with Gasteiger partial charge in [-0.05, 0) is 70.7 Å². The molecule has 5 rings (SSSR count). The topological polar surface area (TPSA) is 113 Å². The van der Waals surface area contributed by atoms with Gasteiger partial charge in [0.1, 0.15) is 47.2 Å². The van der Waals surface area contributed by atoms with Gasteiger partial charge in [0.25, 0.3) is 0 Å². The van der Waals surface area contributed by atoms with Gasteiger partial charge >= 0.3 is 0 Å². The summed E-state index contributed by atoms with van der Waals surface area (Å²) in [4.78, 5) is 13.7. The fourth-order valence-corrected chi connectivity index (χ4v) is 6.50. The quantitative estimate of drug-likeness (QED) is 0.136. The Morgan fingerprint density at radius 2 is 1.89 bits per heavy atom. The number of thiazole rings is 1. The van der Waals surface area contributed by atoms with Gasteiger partial charge in [0.15, 0.2) is 5.05 Å². The van der Waals surface area contributed by atoms with Crippen LogP contribution in [0.1, 0.15) is 43.9 Å². The molecule has 9 nitrogen and oxygen atoms in total. The number of rotatable bonds is 11. The lowest BCUT2D eigenvalue weighted by Gasteiger charge is -2.14. The third kappa shape index (κ3) is 8.03. The first kappa shape index (κ1) is 32.5. The Kier molecular flexibility index (Phi) is 10.4. The molecule has 1 unspecified atom stereocenters. The molecule has 0 saturated heterocycles. The second kappa shape index (κ2) is 14.5. The van der Waals surface area contributed by atoms with E-state index in [1.54, 1.807) is 26.2 Å². The van der Waals surface area contributed by atoms with Crippen molar-refractivity contribution in [1.82, 2.24) is 15.0 Å². The van der Waals surface area contributed by atoms with Crippen LogP contribution < -0.4 is 14.8 Å². The molecule has 45 heavy (non-hydrogen) atoms. The molecule has 0 bridgehead atoms. The molecule has 0 amide bonds. The molecule has 5 aromatic rings. The lowest BCUT2D eigenvalue weighted by atomic mass is 10.1. The van der Waals surface area contributed by atoms with E-state index in [4.69, 9.17) is 19.2 Å². The molecule has 13 heteroatoms. The van der Waals surface area contributed by atoms with Crippen LogP contribution in [0.4, 0.5) is 15.9 Å². The van der Waals surface area contributed by atoms with Crippen molar-refractivity contribution in [2.24, 2.45) is 5.92 Å². The van der Waals surface area contributed by atoms with Crippen LogP contribution in [0.25, 0.3) is 22.2 Å². The maximum absolute atomic E-state index is 13.5. The molecule has 0 aliphatic carbocycles. The first-order valence-corrected chi connectivity index (χ1v) is 16.7. The minimum atomic E-state index is -2.44. The van der Waals surface area contributed by atoms with Crippen LogP contribution in [0.2, 0.25) is 0 Å². The number of fused-ring (bicyclic) bond motifs is 1. The van der Waals surface area contributed by atoms with Crippen molar-refractivity contribution in [3.05, 3.63) is 87.2 Å². The molecule has 0 radical (unpaired) electrons. The van der Waals surface area contributed by atoms with Crippen molar-refractivity contribution in [1.29, 1.82) is 0 Å². The largest absolute Gasteiger partial charge is 0.496 e. The standard InChI is InChI=1S/C32H30BrFN4O5S2/c1-18(2)10-30(45(39)40)43-19(3)32-38-27(16-44-32)23-13-24-26(14-29(23)41-4)35-17-36-31(24)37-22-8-9-28(25(33)12-22)42-15-20-6-5-7-21(34)11-20/h5-9,11-14,16-19H,10,15H2,1-4H3,(H,35,36,37). The van der Waals surface area contributed by atoms with Crippen LogP contribution in [0.3, 0.4) is 0 Å². The van der Waals surface area contributed by atoms with Gasteiger partial charge in [-0.2, -0.15) is 8.42 Å². The summed E-state index contributed by atoms with van der Waals surface area (Å²) >= 11 is 4.94. The summed E-state index contributed by atoms with van der Waals surface area (Å²) in [5.41, 5.74) is 3.52. The zero-order chi connectivity index (χ0) is 32.1. The van der Waals surface area contributed by atoms with Crippen molar-refractivity contribution >= 4 is 65.0 Å². The van der Waals surface area contributed by atoms with Crippen molar-refractivity contribution in [2.75, 3.05) is 12.4 Å². The lowest BCUT2D eigenvalue weighted by Crippen LogP contribution is -2.12. The molecule has 234 valence electrons. The molecule has 0 aliphatic heterocycles. The average Bonchev–Trinajstić information content (AvgIpc) is 3.50. The molecule has 3 aromatic carbocycles. The van der Waals surface area contributed by atoms with Gasteiger partial charge in [-0.15, -0.1) is 11.3 Å². The number of aromatic nitrogens is 3. The monoisotopic (exact) mass is 712 g/mol. The third-order valence-electron chi connectivity index (χ3n) is 6.65. The highest BCUT2D eigenvalue weighted by Crippen LogP contribution is 2.38. The molecular weight excluding hydrogens is 683 g/mol. The molecule has 0 spiro atoms. The Labute approximate surface area is 274 Å². The number of anilines is 2. The van der Waals surface area contributed by atoms with Gasteiger partial charge in [-0.1, -0.05) is 26.0 Å². The molecule has 1 atom stereocenters. The number of nitrogens with zero attached hydrogens (tertiary/aromatic N) is 3. The van der Waals surface area contributed by atoms with Crippen LogP contribution >= 0.6 is 27.3 Å². The van der Waals surface area contributed by atoms with Crippen molar-refractivity contribution in [2.45, 2.75) is 39.9 Å². The van der Waals surface area contributed by atoms with Crippen LogP contribution in [-0.4, -0.2) is 35.5 Å². The molecule has 0 fully saturated rings. The number of nitrogens with one attached hydrogen (secondary N) is 1. The van der Waals surface area contributed by atoms with E-state index in [1.807, 2.05) is 49.6 Å². The Hall–Kier alpha value is -3.91. The van der Waals surface area contributed by atoms with E-state index in [1.165, 1.54) is 29.8 Å². The van der Waals surface area contributed by atoms with Gasteiger partial charge in [-0.25, -0.2) is 19.3 Å². The second-order valence-electron chi connectivity index (χ2n) is 10.5. The average molecular weight is 714 g/mol. The van der Waals surface area contributed by atoms with E-state index in [-0.39, 0.29) is 23.4 Å². The maximum Gasteiger partial charge on any atom is 0.240 e. The maximum atomic E-state index is 13.5. The zero-order valence-corrected chi connectivity index (χ0v) is 28.1. The van der Waals surface area contributed by atoms with E-state index in [9.17, 15) is 12.8 Å². The number of ether oxygens (including phenoxy) is 3. The van der Waals surface area contributed by atoms with E-state index in [2.05, 4.69) is 31.2 Å². The number of hydrogen-bond acceptors (Lipinski definition) is 10. The fourth-order valence-electron chi connectivity index (χ4n) is 4.51. The molecular formula is C32H30BrFN4O5S2. The summed E-state index contributed by atoms with van der Waals surface area (Å²) < 4.78 is 55.0. The minimum Gasteiger partial charge on any atom is -0.496 e. The number of halogens is 2. The van der Waals surface area contributed by atoms with E-state index < -0.39 is 16.4 Å². The second-order valence-corrected chi connectivity index (χ2v) is 13.2. The summed E-state index contributed by atoms with van der Waals surface area (Å²) in [6.45, 7) is 5.87. The molecule has 2 heterocycles. The summed E-state index contributed by atoms with van der Waals surface area (Å²) in [6, 6.07) is 15.6. The molecule has 2 aromatic heterocycles. The first-order valence-electron chi connectivity index (χ1n) is 13.9.